The maximum Gasteiger partial charge on any atom is 0.472 e. The van der Waals surface area contributed by atoms with Gasteiger partial charge in [0.1, 0.15) is 12.7 Å². The number of phosphoric acid groups is 1. The van der Waals surface area contributed by atoms with Crippen LogP contribution in [0.1, 0.15) is 155 Å². The number of unbranched alkanes of at least 4 members (excludes halogenated alkanes) is 13. The van der Waals surface area contributed by atoms with Gasteiger partial charge in [-0.1, -0.05) is 157 Å². The fraction of sp³-hybridized carbons (Fsp3) is 0.652. The van der Waals surface area contributed by atoms with Gasteiger partial charge in [0.2, 0.25) is 0 Å². The summed E-state index contributed by atoms with van der Waals surface area (Å²) in [5.41, 5.74) is 0. The largest absolute Gasteiger partial charge is 0.472 e. The van der Waals surface area contributed by atoms with Crippen LogP contribution in [0.15, 0.2) is 85.6 Å². The van der Waals surface area contributed by atoms with Crippen molar-refractivity contribution in [2.75, 3.05) is 26.4 Å². The Morgan fingerprint density at radius 2 is 1.02 bits per heavy atom. The van der Waals surface area contributed by atoms with Gasteiger partial charge in [-0.15, -0.1) is 6.58 Å². The summed E-state index contributed by atoms with van der Waals surface area (Å²) in [5.74, 6) is -1.03. The third-order valence-corrected chi connectivity index (χ3v) is 9.64. The summed E-state index contributed by atoms with van der Waals surface area (Å²) in [6.45, 7) is 3.69. The molecule has 0 aliphatic rings. The van der Waals surface area contributed by atoms with Crippen molar-refractivity contribution in [3.8, 4) is 0 Å². The molecule has 0 fully saturated rings. The summed E-state index contributed by atoms with van der Waals surface area (Å²) in [6, 6.07) is 0. The minimum Gasteiger partial charge on any atom is -0.462 e. The summed E-state index contributed by atoms with van der Waals surface area (Å²) in [6.07, 6.45) is 47.4. The first-order valence-electron chi connectivity index (χ1n) is 21.5. The Morgan fingerprint density at radius 3 is 1.49 bits per heavy atom. The summed E-state index contributed by atoms with van der Waals surface area (Å²) < 4.78 is 32.6. The Kier molecular flexibility index (Phi) is 39.2. The number of hydrogen-bond donors (Lipinski definition) is 3. The van der Waals surface area contributed by atoms with Crippen LogP contribution in [0.2, 0.25) is 0 Å². The molecule has 0 aromatic rings. The smallest absolute Gasteiger partial charge is 0.462 e. The average molecular weight is 821 g/mol. The third kappa shape index (κ3) is 41.1. The standard InChI is InChI=1S/C46H77O10P/c1-3-5-7-9-11-13-15-17-19-20-21-22-24-25-27-29-31-33-35-37-45(49)53-41-44(42-55-57(51,52)54-40-43(48)39-47)56-46(50)38-36-34-32-30-28-26-23-18-16-14-12-10-8-6-4-2/h4-5,7,11,13,17,19,21-22,25,27,31,33,43-44,47-48H,2-3,6,8-10,12,14-16,18,20,23-24,26,28-30,32,34-42H2,1H3,(H,51,52)/b7-5+,13-11+,19-17+,22-21+,27-25+,33-31+/t43-,44+/m0/s1. The van der Waals surface area contributed by atoms with E-state index in [0.29, 0.717) is 12.8 Å². The molecule has 3 N–H and O–H groups in total. The van der Waals surface area contributed by atoms with E-state index in [1.54, 1.807) is 0 Å². The molecule has 0 aromatic carbocycles. The molecule has 10 nitrogen and oxygen atoms in total. The molecular formula is C46H77O10P. The molecular weight excluding hydrogens is 743 g/mol. The first-order chi connectivity index (χ1) is 27.7. The molecule has 0 amide bonds. The van der Waals surface area contributed by atoms with Gasteiger partial charge in [-0.3, -0.25) is 18.6 Å². The van der Waals surface area contributed by atoms with Crippen LogP contribution in [0.25, 0.3) is 0 Å². The molecule has 0 radical (unpaired) electrons. The van der Waals surface area contributed by atoms with Gasteiger partial charge in [-0.25, -0.2) is 4.57 Å². The molecule has 0 aromatic heterocycles. The molecule has 0 heterocycles. The average Bonchev–Trinajstić information content (AvgIpc) is 3.20. The Bertz CT molecular complexity index is 1210. The highest BCUT2D eigenvalue weighted by Crippen LogP contribution is 2.43. The normalized spacial score (nSPS) is 14.5. The topological polar surface area (TPSA) is 149 Å². The van der Waals surface area contributed by atoms with Gasteiger partial charge >= 0.3 is 19.8 Å². The van der Waals surface area contributed by atoms with Crippen molar-refractivity contribution in [3.63, 3.8) is 0 Å². The Morgan fingerprint density at radius 1 is 0.579 bits per heavy atom. The predicted octanol–water partition coefficient (Wildman–Crippen LogP) is 11.4. The van der Waals surface area contributed by atoms with Crippen molar-refractivity contribution >= 4 is 19.8 Å². The molecule has 57 heavy (non-hydrogen) atoms. The fourth-order valence-electron chi connectivity index (χ4n) is 5.41. The minimum absolute atomic E-state index is 0.112. The number of rotatable bonds is 40. The van der Waals surface area contributed by atoms with E-state index in [1.807, 2.05) is 18.2 Å². The molecule has 326 valence electrons. The van der Waals surface area contributed by atoms with Crippen LogP contribution in [0.3, 0.4) is 0 Å². The van der Waals surface area contributed by atoms with Crippen LogP contribution in [0.4, 0.5) is 0 Å². The molecule has 0 spiro atoms. The number of ether oxygens (including phenoxy) is 2. The number of carbonyl (C=O) groups is 2. The van der Waals surface area contributed by atoms with Crippen molar-refractivity contribution in [1.29, 1.82) is 0 Å². The zero-order valence-electron chi connectivity index (χ0n) is 35.1. The van der Waals surface area contributed by atoms with Gasteiger partial charge in [0, 0.05) is 12.8 Å². The number of aliphatic hydroxyl groups is 2. The zero-order chi connectivity index (χ0) is 41.9. The monoisotopic (exact) mass is 821 g/mol. The van der Waals surface area contributed by atoms with E-state index < -0.39 is 51.8 Å². The summed E-state index contributed by atoms with van der Waals surface area (Å²) in [5, 5.41) is 18.3. The van der Waals surface area contributed by atoms with Gasteiger partial charge in [0.25, 0.3) is 0 Å². The van der Waals surface area contributed by atoms with Crippen LogP contribution < -0.4 is 0 Å². The maximum atomic E-state index is 12.6. The highest BCUT2D eigenvalue weighted by atomic mass is 31.2. The molecule has 0 saturated heterocycles. The molecule has 0 rings (SSSR count). The molecule has 3 atom stereocenters. The predicted molar refractivity (Wildman–Crippen MR) is 233 cm³/mol. The summed E-state index contributed by atoms with van der Waals surface area (Å²) in [4.78, 5) is 34.9. The van der Waals surface area contributed by atoms with Gasteiger partial charge < -0.3 is 24.6 Å². The number of esters is 2. The lowest BCUT2D eigenvalue weighted by atomic mass is 10.0. The van der Waals surface area contributed by atoms with Gasteiger partial charge in [-0.05, 0) is 64.2 Å². The van der Waals surface area contributed by atoms with E-state index in [9.17, 15) is 24.2 Å². The molecule has 0 aliphatic carbocycles. The van der Waals surface area contributed by atoms with Gasteiger partial charge in [-0.2, -0.15) is 0 Å². The summed E-state index contributed by atoms with van der Waals surface area (Å²) >= 11 is 0. The lowest BCUT2D eigenvalue weighted by molar-refractivity contribution is -0.161. The SMILES string of the molecule is C=CCCCCCCCCCCCCCCCC(=O)O[C@H](COC(=O)CC/C=C/C/C=C/C/C=C/C/C=C/C/C=C/C/C=C/CC)COP(=O)(O)OC[C@@H](O)CO. The van der Waals surface area contributed by atoms with Crippen molar-refractivity contribution in [3.05, 3.63) is 85.6 Å². The van der Waals surface area contributed by atoms with E-state index in [4.69, 9.17) is 19.1 Å². The quantitative estimate of drug-likeness (QED) is 0.0236. The molecule has 1 unspecified atom stereocenters. The van der Waals surface area contributed by atoms with E-state index >= 15 is 0 Å². The highest BCUT2D eigenvalue weighted by molar-refractivity contribution is 7.47. The number of carbonyl (C=O) groups excluding carboxylic acids is 2. The molecule has 11 heteroatoms. The van der Waals surface area contributed by atoms with Crippen molar-refractivity contribution in [2.24, 2.45) is 0 Å². The minimum atomic E-state index is -4.64. The number of hydrogen-bond acceptors (Lipinski definition) is 9. The molecule has 0 bridgehead atoms. The highest BCUT2D eigenvalue weighted by Gasteiger charge is 2.27. The number of phosphoric ester groups is 1. The van der Waals surface area contributed by atoms with Crippen LogP contribution in [-0.2, 0) is 32.7 Å². The Balaban J connectivity index is 4.42. The maximum absolute atomic E-state index is 12.6. The first kappa shape index (κ1) is 54.2. The van der Waals surface area contributed by atoms with Crippen molar-refractivity contribution in [1.82, 2.24) is 0 Å². The van der Waals surface area contributed by atoms with Crippen LogP contribution in [0, 0.1) is 0 Å². The van der Waals surface area contributed by atoms with E-state index in [2.05, 4.69) is 78.8 Å². The Labute approximate surface area is 345 Å². The zero-order valence-corrected chi connectivity index (χ0v) is 36.0. The third-order valence-electron chi connectivity index (χ3n) is 8.69. The van der Waals surface area contributed by atoms with E-state index in [0.717, 1.165) is 64.2 Å². The Hall–Kier alpha value is -2.85. The lowest BCUT2D eigenvalue weighted by Gasteiger charge is -2.20. The van der Waals surface area contributed by atoms with E-state index in [-0.39, 0.29) is 19.4 Å². The summed E-state index contributed by atoms with van der Waals surface area (Å²) in [7, 11) is -4.64. The van der Waals surface area contributed by atoms with Crippen molar-refractivity contribution < 1.29 is 47.8 Å². The second-order valence-corrected chi connectivity index (χ2v) is 15.5. The van der Waals surface area contributed by atoms with E-state index in [1.165, 1.54) is 57.8 Å². The van der Waals surface area contributed by atoms with Gasteiger partial charge in [0.05, 0.1) is 19.8 Å². The van der Waals surface area contributed by atoms with Crippen LogP contribution in [-0.4, -0.2) is 65.7 Å². The molecule has 0 saturated carbocycles. The number of aliphatic hydroxyl groups excluding tert-OH is 2. The van der Waals surface area contributed by atoms with Crippen LogP contribution in [0.5, 0.6) is 0 Å². The van der Waals surface area contributed by atoms with Crippen molar-refractivity contribution in [2.45, 2.75) is 167 Å². The first-order valence-corrected chi connectivity index (χ1v) is 23.0. The fourth-order valence-corrected chi connectivity index (χ4v) is 6.20. The lowest BCUT2D eigenvalue weighted by Crippen LogP contribution is -2.29. The second-order valence-electron chi connectivity index (χ2n) is 14.1. The van der Waals surface area contributed by atoms with Crippen LogP contribution >= 0.6 is 7.82 Å². The van der Waals surface area contributed by atoms with Gasteiger partial charge in [0.15, 0.2) is 6.10 Å². The number of allylic oxidation sites excluding steroid dienone is 13. The molecule has 0 aliphatic heterocycles. The second kappa shape index (κ2) is 41.3.